The Morgan fingerprint density at radius 1 is 1.03 bits per heavy atom. The standard InChI is InChI=1S/C25H34N2O5S/c1-19(2)32-23-8-6-20(7-9-23)5-4-16-26-25(28)21-14-17-27(18-15-21)33(29,30)24-12-10-22(31-3)11-13-24/h6-13,19,21H,4-5,14-18H2,1-3H3,(H,26,28). The Morgan fingerprint density at radius 2 is 1.64 bits per heavy atom. The summed E-state index contributed by atoms with van der Waals surface area (Å²) in [4.78, 5) is 12.8. The van der Waals surface area contributed by atoms with Crippen molar-refractivity contribution in [1.82, 2.24) is 9.62 Å². The first-order valence-electron chi connectivity index (χ1n) is 11.5. The first-order valence-corrected chi connectivity index (χ1v) is 12.9. The van der Waals surface area contributed by atoms with E-state index in [1.165, 1.54) is 9.87 Å². The molecule has 3 rings (SSSR count). The molecule has 180 valence electrons. The summed E-state index contributed by atoms with van der Waals surface area (Å²) in [7, 11) is -2.02. The highest BCUT2D eigenvalue weighted by Gasteiger charge is 2.31. The number of carbonyl (C=O) groups is 1. The molecule has 0 bridgehead atoms. The Bertz CT molecular complexity index is 996. The van der Waals surface area contributed by atoms with E-state index in [9.17, 15) is 13.2 Å². The smallest absolute Gasteiger partial charge is 0.243 e. The molecule has 1 amide bonds. The molecule has 1 fully saturated rings. The highest BCUT2D eigenvalue weighted by molar-refractivity contribution is 7.89. The number of sulfonamides is 1. The number of nitrogens with one attached hydrogen (secondary N) is 1. The monoisotopic (exact) mass is 474 g/mol. The van der Waals surface area contributed by atoms with Crippen molar-refractivity contribution < 1.29 is 22.7 Å². The van der Waals surface area contributed by atoms with E-state index >= 15 is 0 Å². The van der Waals surface area contributed by atoms with Gasteiger partial charge in [0.1, 0.15) is 11.5 Å². The summed E-state index contributed by atoms with van der Waals surface area (Å²) in [6.45, 7) is 5.29. The van der Waals surface area contributed by atoms with Crippen LogP contribution >= 0.6 is 0 Å². The van der Waals surface area contributed by atoms with Crippen LogP contribution in [0, 0.1) is 5.92 Å². The molecule has 1 N–H and O–H groups in total. The van der Waals surface area contributed by atoms with Crippen molar-refractivity contribution in [1.29, 1.82) is 0 Å². The molecule has 2 aromatic rings. The number of amides is 1. The fourth-order valence-corrected chi connectivity index (χ4v) is 5.38. The molecule has 33 heavy (non-hydrogen) atoms. The number of ether oxygens (including phenoxy) is 2. The molecule has 0 aliphatic carbocycles. The molecule has 0 atom stereocenters. The predicted molar refractivity (Wildman–Crippen MR) is 128 cm³/mol. The highest BCUT2D eigenvalue weighted by atomic mass is 32.2. The normalized spacial score (nSPS) is 15.4. The first kappa shape index (κ1) is 25.1. The predicted octanol–water partition coefficient (Wildman–Crippen LogP) is 3.63. The van der Waals surface area contributed by atoms with Gasteiger partial charge in [0, 0.05) is 25.6 Å². The number of methoxy groups -OCH3 is 1. The van der Waals surface area contributed by atoms with Crippen LogP contribution in [0.5, 0.6) is 11.5 Å². The van der Waals surface area contributed by atoms with Crippen LogP contribution in [0.3, 0.4) is 0 Å². The third-order valence-corrected chi connectivity index (χ3v) is 7.67. The Morgan fingerprint density at radius 3 is 2.21 bits per heavy atom. The SMILES string of the molecule is COc1ccc(S(=O)(=O)N2CCC(C(=O)NCCCc3ccc(OC(C)C)cc3)CC2)cc1. The van der Waals surface area contributed by atoms with Gasteiger partial charge in [-0.15, -0.1) is 0 Å². The van der Waals surface area contributed by atoms with E-state index in [-0.39, 0.29) is 22.8 Å². The average Bonchev–Trinajstić information content (AvgIpc) is 2.82. The second-order valence-corrected chi connectivity index (χ2v) is 10.5. The van der Waals surface area contributed by atoms with Crippen molar-refractivity contribution >= 4 is 15.9 Å². The highest BCUT2D eigenvalue weighted by Crippen LogP contribution is 2.25. The van der Waals surface area contributed by atoms with Gasteiger partial charge in [-0.2, -0.15) is 4.31 Å². The number of aryl methyl sites for hydroxylation is 1. The molecule has 0 spiro atoms. The largest absolute Gasteiger partial charge is 0.497 e. The van der Waals surface area contributed by atoms with Gasteiger partial charge in [-0.3, -0.25) is 4.79 Å². The topological polar surface area (TPSA) is 84.9 Å². The van der Waals surface area contributed by atoms with Crippen molar-refractivity contribution in [2.24, 2.45) is 5.92 Å². The Hall–Kier alpha value is -2.58. The number of carbonyl (C=O) groups excluding carboxylic acids is 1. The number of piperidine rings is 1. The van der Waals surface area contributed by atoms with Crippen LogP contribution in [0.1, 0.15) is 38.7 Å². The lowest BCUT2D eigenvalue weighted by atomic mass is 9.97. The molecule has 1 heterocycles. The number of hydrogen-bond acceptors (Lipinski definition) is 5. The minimum absolute atomic E-state index is 0.0113. The summed E-state index contributed by atoms with van der Waals surface area (Å²) in [5.74, 6) is 1.33. The minimum atomic E-state index is -3.56. The van der Waals surface area contributed by atoms with E-state index < -0.39 is 10.0 Å². The lowest BCUT2D eigenvalue weighted by molar-refractivity contribution is -0.126. The number of benzene rings is 2. The second kappa shape index (κ2) is 11.5. The van der Waals surface area contributed by atoms with Crippen LogP contribution in [0.4, 0.5) is 0 Å². The lowest BCUT2D eigenvalue weighted by Crippen LogP contribution is -2.43. The van der Waals surface area contributed by atoms with E-state index in [0.717, 1.165) is 18.6 Å². The van der Waals surface area contributed by atoms with Gasteiger partial charge in [0.2, 0.25) is 15.9 Å². The zero-order chi connectivity index (χ0) is 23.8. The van der Waals surface area contributed by atoms with Crippen LogP contribution in [-0.2, 0) is 21.2 Å². The molecule has 2 aromatic carbocycles. The van der Waals surface area contributed by atoms with Gasteiger partial charge >= 0.3 is 0 Å². The van der Waals surface area contributed by atoms with Crippen molar-refractivity contribution in [3.8, 4) is 11.5 Å². The van der Waals surface area contributed by atoms with Crippen molar-refractivity contribution in [3.05, 3.63) is 54.1 Å². The first-order chi connectivity index (χ1) is 15.8. The zero-order valence-electron chi connectivity index (χ0n) is 19.6. The Kier molecular flexibility index (Phi) is 8.74. The third-order valence-electron chi connectivity index (χ3n) is 5.76. The van der Waals surface area contributed by atoms with Crippen LogP contribution < -0.4 is 14.8 Å². The van der Waals surface area contributed by atoms with Crippen LogP contribution in [0.15, 0.2) is 53.4 Å². The molecule has 1 saturated heterocycles. The summed E-state index contributed by atoms with van der Waals surface area (Å²) >= 11 is 0. The van der Waals surface area contributed by atoms with Gasteiger partial charge in [-0.05, 0) is 81.5 Å². The zero-order valence-corrected chi connectivity index (χ0v) is 20.4. The van der Waals surface area contributed by atoms with Gasteiger partial charge in [0.05, 0.1) is 18.1 Å². The number of nitrogens with zero attached hydrogens (tertiary/aromatic N) is 1. The quantitative estimate of drug-likeness (QED) is 0.532. The van der Waals surface area contributed by atoms with Gasteiger partial charge in [-0.1, -0.05) is 12.1 Å². The molecule has 0 unspecified atom stereocenters. The fraction of sp³-hybridized carbons (Fsp3) is 0.480. The third kappa shape index (κ3) is 6.95. The number of rotatable bonds is 10. The molecule has 1 aliphatic rings. The molecule has 0 aromatic heterocycles. The van der Waals surface area contributed by atoms with E-state index in [2.05, 4.69) is 17.4 Å². The van der Waals surface area contributed by atoms with Crippen LogP contribution in [0.2, 0.25) is 0 Å². The average molecular weight is 475 g/mol. The second-order valence-electron chi connectivity index (χ2n) is 8.56. The summed E-state index contributed by atoms with van der Waals surface area (Å²) in [5, 5.41) is 3.01. The summed E-state index contributed by atoms with van der Waals surface area (Å²) in [6.07, 6.45) is 2.93. The summed E-state index contributed by atoms with van der Waals surface area (Å²) < 4.78 is 37.9. The summed E-state index contributed by atoms with van der Waals surface area (Å²) in [5.41, 5.74) is 1.21. The summed E-state index contributed by atoms with van der Waals surface area (Å²) in [6, 6.07) is 14.4. The maximum Gasteiger partial charge on any atom is 0.243 e. The number of hydrogen-bond donors (Lipinski definition) is 1. The van der Waals surface area contributed by atoms with Gasteiger partial charge in [-0.25, -0.2) is 8.42 Å². The lowest BCUT2D eigenvalue weighted by Gasteiger charge is -2.30. The minimum Gasteiger partial charge on any atom is -0.497 e. The van der Waals surface area contributed by atoms with Crippen molar-refractivity contribution in [2.75, 3.05) is 26.7 Å². The van der Waals surface area contributed by atoms with Gasteiger partial charge in [0.25, 0.3) is 0 Å². The molecule has 0 radical (unpaired) electrons. The molecule has 1 aliphatic heterocycles. The van der Waals surface area contributed by atoms with Crippen LogP contribution in [0.25, 0.3) is 0 Å². The maximum atomic E-state index is 12.9. The van der Waals surface area contributed by atoms with E-state index in [1.54, 1.807) is 31.4 Å². The van der Waals surface area contributed by atoms with E-state index in [0.29, 0.717) is 38.2 Å². The molecular formula is C25H34N2O5S. The van der Waals surface area contributed by atoms with Crippen molar-refractivity contribution in [3.63, 3.8) is 0 Å². The maximum absolute atomic E-state index is 12.9. The molecule has 8 heteroatoms. The van der Waals surface area contributed by atoms with Crippen LogP contribution in [-0.4, -0.2) is 51.5 Å². The van der Waals surface area contributed by atoms with Gasteiger partial charge in [0.15, 0.2) is 0 Å². The molecule has 0 saturated carbocycles. The van der Waals surface area contributed by atoms with Gasteiger partial charge < -0.3 is 14.8 Å². The molecular weight excluding hydrogens is 440 g/mol. The fourth-order valence-electron chi connectivity index (χ4n) is 3.91. The Balaban J connectivity index is 1.40. The van der Waals surface area contributed by atoms with Crippen molar-refractivity contribution in [2.45, 2.75) is 50.5 Å². The molecule has 7 nitrogen and oxygen atoms in total. The Labute approximate surface area is 197 Å². The van der Waals surface area contributed by atoms with E-state index in [4.69, 9.17) is 9.47 Å². The van der Waals surface area contributed by atoms with E-state index in [1.807, 2.05) is 26.0 Å².